The van der Waals surface area contributed by atoms with E-state index in [-0.39, 0.29) is 29.4 Å². The minimum absolute atomic E-state index is 0.0353. The highest BCUT2D eigenvalue weighted by Crippen LogP contribution is 2.28. The van der Waals surface area contributed by atoms with Crippen LogP contribution < -0.4 is 15.6 Å². The molecule has 0 saturated heterocycles. The molecule has 8 nitrogen and oxygen atoms in total. The van der Waals surface area contributed by atoms with Crippen molar-refractivity contribution in [1.82, 2.24) is 15.3 Å². The number of amides is 1. The van der Waals surface area contributed by atoms with Gasteiger partial charge in [0.2, 0.25) is 0 Å². The van der Waals surface area contributed by atoms with Crippen LogP contribution in [-0.4, -0.2) is 36.0 Å². The number of aromatic amines is 1. The molecule has 2 N–H and O–H groups in total. The fourth-order valence-corrected chi connectivity index (χ4v) is 2.86. The van der Waals surface area contributed by atoms with Gasteiger partial charge in [-0.3, -0.25) is 9.59 Å². The van der Waals surface area contributed by atoms with Gasteiger partial charge < -0.3 is 24.2 Å². The molecule has 0 unspecified atom stereocenters. The fourth-order valence-electron chi connectivity index (χ4n) is 2.86. The molecule has 0 radical (unpaired) electrons. The second kappa shape index (κ2) is 9.22. The normalized spacial score (nSPS) is 12.4. The number of carbonyl (C=O) groups is 1. The molecule has 1 aromatic carbocycles. The van der Waals surface area contributed by atoms with Crippen molar-refractivity contribution in [3.05, 3.63) is 69.6 Å². The van der Waals surface area contributed by atoms with E-state index in [1.807, 2.05) is 0 Å². The van der Waals surface area contributed by atoms with E-state index in [1.165, 1.54) is 13.4 Å². The van der Waals surface area contributed by atoms with Crippen molar-refractivity contribution in [2.24, 2.45) is 0 Å². The van der Waals surface area contributed by atoms with Gasteiger partial charge in [0.15, 0.2) is 23.2 Å². The highest BCUT2D eigenvalue weighted by Gasteiger charge is 2.32. The largest absolute Gasteiger partial charge is 0.573 e. The van der Waals surface area contributed by atoms with Crippen molar-refractivity contribution in [2.75, 3.05) is 13.7 Å². The number of ether oxygens (including phenoxy) is 2. The Bertz CT molecular complexity index is 1170. The lowest BCUT2D eigenvalue weighted by Crippen LogP contribution is -2.33. The van der Waals surface area contributed by atoms with Gasteiger partial charge >= 0.3 is 6.36 Å². The molecule has 0 aliphatic carbocycles. The van der Waals surface area contributed by atoms with Crippen molar-refractivity contribution < 1.29 is 36.2 Å². The van der Waals surface area contributed by atoms with Crippen molar-refractivity contribution in [1.29, 1.82) is 0 Å². The summed E-state index contributed by atoms with van der Waals surface area (Å²) in [6, 6.07) is 4.37. The predicted octanol–water partition coefficient (Wildman–Crippen LogP) is 3.49. The second-order valence-corrected chi connectivity index (χ2v) is 6.63. The Morgan fingerprint density at radius 2 is 2.03 bits per heavy atom. The minimum Gasteiger partial charge on any atom is -0.461 e. The zero-order chi connectivity index (χ0) is 23.5. The van der Waals surface area contributed by atoms with E-state index in [0.717, 1.165) is 24.3 Å². The number of nitrogens with zero attached hydrogens (tertiary/aromatic N) is 1. The van der Waals surface area contributed by atoms with Crippen LogP contribution in [0.1, 0.15) is 27.7 Å². The van der Waals surface area contributed by atoms with Crippen LogP contribution in [0.4, 0.5) is 17.6 Å². The highest BCUT2D eigenvalue weighted by molar-refractivity contribution is 5.92. The SMILES string of the molecule is COC[C@@H](NC(=O)c1cc(=O)[nH]c(-c2occc2C)n1)c1ccc(OC(F)(F)F)c(F)c1. The van der Waals surface area contributed by atoms with Gasteiger partial charge in [-0.05, 0) is 36.2 Å². The molecule has 0 aliphatic heterocycles. The third-order valence-corrected chi connectivity index (χ3v) is 4.27. The van der Waals surface area contributed by atoms with Crippen molar-refractivity contribution in [3.8, 4) is 17.3 Å². The fraction of sp³-hybridized carbons (Fsp3) is 0.250. The molecular weight excluding hydrogens is 438 g/mol. The standard InChI is InChI=1S/C20H17F4N3O5/c1-10-5-6-31-17(10)18-25-13(8-16(28)27-18)19(29)26-14(9-30-2)11-3-4-15(12(21)7-11)32-20(22,23)24/h3-8,14H,9H2,1-2H3,(H,26,29)(H,25,27,28)/t14-/m1/s1. The summed E-state index contributed by atoms with van der Waals surface area (Å²) in [5, 5.41) is 2.52. The Morgan fingerprint density at radius 3 is 2.62 bits per heavy atom. The maximum Gasteiger partial charge on any atom is 0.573 e. The molecule has 170 valence electrons. The molecule has 12 heteroatoms. The van der Waals surface area contributed by atoms with Gasteiger partial charge in [0, 0.05) is 13.2 Å². The quantitative estimate of drug-likeness (QED) is 0.529. The molecule has 3 aromatic rings. The number of rotatable bonds is 7. The number of aryl methyl sites for hydroxylation is 1. The number of nitrogens with one attached hydrogen (secondary N) is 2. The van der Waals surface area contributed by atoms with Gasteiger partial charge in [-0.1, -0.05) is 6.07 Å². The topological polar surface area (TPSA) is 106 Å². The average molecular weight is 455 g/mol. The van der Waals surface area contributed by atoms with E-state index < -0.39 is 35.4 Å². The number of carbonyl (C=O) groups excluding carboxylic acids is 1. The lowest BCUT2D eigenvalue weighted by molar-refractivity contribution is -0.275. The van der Waals surface area contributed by atoms with E-state index >= 15 is 0 Å². The molecule has 1 amide bonds. The van der Waals surface area contributed by atoms with Crippen LogP contribution in [-0.2, 0) is 4.74 Å². The van der Waals surface area contributed by atoms with Crippen LogP contribution >= 0.6 is 0 Å². The van der Waals surface area contributed by atoms with Crippen LogP contribution in [0.2, 0.25) is 0 Å². The maximum absolute atomic E-state index is 14.1. The van der Waals surface area contributed by atoms with Crippen LogP contribution in [0, 0.1) is 12.7 Å². The second-order valence-electron chi connectivity index (χ2n) is 6.63. The summed E-state index contributed by atoms with van der Waals surface area (Å²) < 4.78 is 65.0. The zero-order valence-corrected chi connectivity index (χ0v) is 16.7. The van der Waals surface area contributed by atoms with Crippen molar-refractivity contribution in [3.63, 3.8) is 0 Å². The van der Waals surface area contributed by atoms with Gasteiger partial charge in [0.25, 0.3) is 11.5 Å². The first kappa shape index (κ1) is 23.0. The van der Waals surface area contributed by atoms with Crippen molar-refractivity contribution >= 4 is 5.91 Å². The number of H-pyrrole nitrogens is 1. The minimum atomic E-state index is -5.06. The Kier molecular flexibility index (Phi) is 6.63. The lowest BCUT2D eigenvalue weighted by atomic mass is 10.1. The summed E-state index contributed by atoms with van der Waals surface area (Å²) in [6.07, 6.45) is -3.66. The number of halogens is 4. The third-order valence-electron chi connectivity index (χ3n) is 4.27. The summed E-state index contributed by atoms with van der Waals surface area (Å²) in [7, 11) is 1.32. The molecular formula is C20H17F4N3O5. The van der Waals surface area contributed by atoms with Crippen LogP contribution in [0.5, 0.6) is 5.75 Å². The zero-order valence-electron chi connectivity index (χ0n) is 16.7. The van der Waals surface area contributed by atoms with Crippen LogP contribution in [0.25, 0.3) is 11.6 Å². The Balaban J connectivity index is 1.86. The van der Waals surface area contributed by atoms with E-state index in [1.54, 1.807) is 13.0 Å². The predicted molar refractivity (Wildman–Crippen MR) is 102 cm³/mol. The number of furan rings is 1. The van der Waals surface area contributed by atoms with Gasteiger partial charge in [-0.25, -0.2) is 9.37 Å². The Morgan fingerprint density at radius 1 is 1.28 bits per heavy atom. The van der Waals surface area contributed by atoms with Gasteiger partial charge in [0.05, 0.1) is 18.9 Å². The number of methoxy groups -OCH3 is 1. The smallest absolute Gasteiger partial charge is 0.461 e. The molecule has 3 rings (SSSR count). The summed E-state index contributed by atoms with van der Waals surface area (Å²) >= 11 is 0. The average Bonchev–Trinajstić information content (AvgIpc) is 3.13. The molecule has 0 spiro atoms. The molecule has 0 aliphatic rings. The van der Waals surface area contributed by atoms with Gasteiger partial charge in [0.1, 0.15) is 5.69 Å². The number of benzene rings is 1. The van der Waals surface area contributed by atoms with Crippen LogP contribution in [0.15, 0.2) is 45.8 Å². The van der Waals surface area contributed by atoms with E-state index in [4.69, 9.17) is 9.15 Å². The number of alkyl halides is 3. The molecule has 32 heavy (non-hydrogen) atoms. The molecule has 1 atom stereocenters. The third kappa shape index (κ3) is 5.52. The molecule has 0 saturated carbocycles. The molecule has 2 heterocycles. The molecule has 2 aromatic heterocycles. The summed E-state index contributed by atoms with van der Waals surface area (Å²) in [5.41, 5.74) is -0.0733. The van der Waals surface area contributed by atoms with E-state index in [9.17, 15) is 27.2 Å². The number of hydrogen-bond donors (Lipinski definition) is 2. The first-order valence-corrected chi connectivity index (χ1v) is 9.08. The van der Waals surface area contributed by atoms with Crippen LogP contribution in [0.3, 0.4) is 0 Å². The van der Waals surface area contributed by atoms with Crippen molar-refractivity contribution in [2.45, 2.75) is 19.3 Å². The summed E-state index contributed by atoms with van der Waals surface area (Å²) in [4.78, 5) is 31.3. The summed E-state index contributed by atoms with van der Waals surface area (Å²) in [5.74, 6) is -2.78. The first-order valence-electron chi connectivity index (χ1n) is 9.08. The van der Waals surface area contributed by atoms with E-state index in [0.29, 0.717) is 5.56 Å². The van der Waals surface area contributed by atoms with Gasteiger partial charge in [-0.2, -0.15) is 0 Å². The monoisotopic (exact) mass is 455 g/mol. The molecule has 0 bridgehead atoms. The molecule has 0 fully saturated rings. The van der Waals surface area contributed by atoms with E-state index in [2.05, 4.69) is 20.0 Å². The summed E-state index contributed by atoms with van der Waals surface area (Å²) in [6.45, 7) is 1.58. The highest BCUT2D eigenvalue weighted by atomic mass is 19.4. The number of aromatic nitrogens is 2. The number of hydrogen-bond acceptors (Lipinski definition) is 6. The first-order chi connectivity index (χ1) is 15.1. The maximum atomic E-state index is 14.1. The lowest BCUT2D eigenvalue weighted by Gasteiger charge is -2.19. The Hall–Kier alpha value is -3.67. The van der Waals surface area contributed by atoms with Gasteiger partial charge in [-0.15, -0.1) is 13.2 Å². The Labute approximate surface area is 178 Å².